The van der Waals surface area contributed by atoms with Gasteiger partial charge in [0.1, 0.15) is 12.9 Å². The number of hydrogen-bond acceptors (Lipinski definition) is 4. The van der Waals surface area contributed by atoms with Crippen LogP contribution in [-0.2, 0) is 11.3 Å². The third-order valence-electron chi connectivity index (χ3n) is 3.20. The third-order valence-corrected chi connectivity index (χ3v) is 4.21. The zero-order valence-corrected chi connectivity index (χ0v) is 11.9. The fourth-order valence-electron chi connectivity index (χ4n) is 2.07. The third kappa shape index (κ3) is 2.85. The minimum Gasteiger partial charge on any atom is -0.457 e. The second-order valence-electron chi connectivity index (χ2n) is 4.57. The van der Waals surface area contributed by atoms with Crippen molar-refractivity contribution in [3.05, 3.63) is 70.6 Å². The zero-order valence-electron chi connectivity index (χ0n) is 11.1. The lowest BCUT2D eigenvalue weighted by Gasteiger charge is -2.04. The summed E-state index contributed by atoms with van der Waals surface area (Å²) in [5.74, 6) is -0.386. The van der Waals surface area contributed by atoms with Crippen molar-refractivity contribution in [3.8, 4) is 0 Å². The number of ether oxygens (including phenoxy) is 1. The average molecular weight is 296 g/mol. The maximum atomic E-state index is 12.0. The standard InChI is InChI=1S/C17H12O3S/c18-9-12-5-7-13(8-6-12)17(19)20-10-14-11-21-16-4-2-1-3-15(14)16/h1-9,11H,10H2. The van der Waals surface area contributed by atoms with Crippen molar-refractivity contribution < 1.29 is 14.3 Å². The smallest absolute Gasteiger partial charge is 0.338 e. The van der Waals surface area contributed by atoms with Crippen LogP contribution in [0.15, 0.2) is 53.9 Å². The van der Waals surface area contributed by atoms with Crippen LogP contribution in [0.4, 0.5) is 0 Å². The Bertz CT molecular complexity index is 787. The molecule has 0 atom stereocenters. The molecule has 104 valence electrons. The summed E-state index contributed by atoms with van der Waals surface area (Å²) in [5.41, 5.74) is 1.99. The van der Waals surface area contributed by atoms with E-state index >= 15 is 0 Å². The molecule has 0 aliphatic heterocycles. The molecule has 1 aromatic heterocycles. The molecule has 0 amide bonds. The summed E-state index contributed by atoms with van der Waals surface area (Å²) in [4.78, 5) is 22.5. The van der Waals surface area contributed by atoms with Crippen LogP contribution in [0.3, 0.4) is 0 Å². The number of benzene rings is 2. The quantitative estimate of drug-likeness (QED) is 0.538. The summed E-state index contributed by atoms with van der Waals surface area (Å²) in [7, 11) is 0. The summed E-state index contributed by atoms with van der Waals surface area (Å²) in [5, 5.41) is 3.12. The lowest BCUT2D eigenvalue weighted by molar-refractivity contribution is 0.0474. The Kier molecular flexibility index (Phi) is 3.79. The fraction of sp³-hybridized carbons (Fsp3) is 0.0588. The monoisotopic (exact) mass is 296 g/mol. The molecule has 4 heteroatoms. The summed E-state index contributed by atoms with van der Waals surface area (Å²) >= 11 is 1.64. The Morgan fingerprint density at radius 1 is 1.10 bits per heavy atom. The number of carbonyl (C=O) groups excluding carboxylic acids is 2. The van der Waals surface area contributed by atoms with Gasteiger partial charge in [0.05, 0.1) is 5.56 Å². The van der Waals surface area contributed by atoms with Crippen LogP contribution in [0, 0.1) is 0 Å². The molecule has 3 aromatic rings. The molecule has 1 heterocycles. The zero-order chi connectivity index (χ0) is 14.7. The van der Waals surface area contributed by atoms with Gasteiger partial charge in [-0.05, 0) is 29.0 Å². The molecule has 0 saturated heterocycles. The van der Waals surface area contributed by atoms with E-state index < -0.39 is 0 Å². The summed E-state index contributed by atoms with van der Waals surface area (Å²) in [6.45, 7) is 0.248. The van der Waals surface area contributed by atoms with Gasteiger partial charge in [-0.2, -0.15) is 0 Å². The van der Waals surface area contributed by atoms with E-state index in [1.54, 1.807) is 35.6 Å². The van der Waals surface area contributed by atoms with E-state index in [1.807, 2.05) is 29.6 Å². The maximum absolute atomic E-state index is 12.0. The largest absolute Gasteiger partial charge is 0.457 e. The number of rotatable bonds is 4. The van der Waals surface area contributed by atoms with Crippen LogP contribution in [0.1, 0.15) is 26.3 Å². The van der Waals surface area contributed by atoms with Crippen molar-refractivity contribution in [1.29, 1.82) is 0 Å². The summed E-state index contributed by atoms with van der Waals surface area (Å²) < 4.78 is 6.51. The molecule has 0 aliphatic carbocycles. The van der Waals surface area contributed by atoms with Crippen LogP contribution in [0.25, 0.3) is 10.1 Å². The van der Waals surface area contributed by atoms with Gasteiger partial charge in [-0.3, -0.25) is 4.79 Å². The highest BCUT2D eigenvalue weighted by Gasteiger charge is 2.09. The Morgan fingerprint density at radius 3 is 2.62 bits per heavy atom. The predicted molar refractivity (Wildman–Crippen MR) is 82.8 cm³/mol. The molecular weight excluding hydrogens is 284 g/mol. The highest BCUT2D eigenvalue weighted by Crippen LogP contribution is 2.26. The second-order valence-corrected chi connectivity index (χ2v) is 5.48. The molecule has 3 nitrogen and oxygen atoms in total. The fourth-order valence-corrected chi connectivity index (χ4v) is 3.02. The van der Waals surface area contributed by atoms with Gasteiger partial charge in [-0.15, -0.1) is 11.3 Å². The molecule has 0 N–H and O–H groups in total. The van der Waals surface area contributed by atoms with Crippen LogP contribution < -0.4 is 0 Å². The first-order valence-corrected chi connectivity index (χ1v) is 7.33. The minimum atomic E-state index is -0.386. The maximum Gasteiger partial charge on any atom is 0.338 e. The van der Waals surface area contributed by atoms with Crippen molar-refractivity contribution in [2.24, 2.45) is 0 Å². The van der Waals surface area contributed by atoms with Crippen molar-refractivity contribution in [2.75, 3.05) is 0 Å². The van der Waals surface area contributed by atoms with Crippen LogP contribution in [0.2, 0.25) is 0 Å². The first kappa shape index (κ1) is 13.5. The van der Waals surface area contributed by atoms with E-state index in [0.29, 0.717) is 11.1 Å². The van der Waals surface area contributed by atoms with E-state index in [4.69, 9.17) is 4.74 Å². The predicted octanol–water partition coefficient (Wildman–Crippen LogP) is 4.07. The molecule has 0 unspecified atom stereocenters. The van der Waals surface area contributed by atoms with Crippen molar-refractivity contribution in [2.45, 2.75) is 6.61 Å². The molecular formula is C17H12O3S. The van der Waals surface area contributed by atoms with Gasteiger partial charge in [0.2, 0.25) is 0 Å². The molecule has 0 bridgehead atoms. The van der Waals surface area contributed by atoms with E-state index in [2.05, 4.69) is 0 Å². The molecule has 21 heavy (non-hydrogen) atoms. The van der Waals surface area contributed by atoms with Gasteiger partial charge in [-0.1, -0.05) is 30.3 Å². The summed E-state index contributed by atoms with van der Waals surface area (Å²) in [6.07, 6.45) is 0.743. The first-order chi connectivity index (χ1) is 10.3. The van der Waals surface area contributed by atoms with E-state index in [-0.39, 0.29) is 12.6 Å². The van der Waals surface area contributed by atoms with Gasteiger partial charge in [-0.25, -0.2) is 4.79 Å². The lowest BCUT2D eigenvalue weighted by Crippen LogP contribution is -2.05. The van der Waals surface area contributed by atoms with Gasteiger partial charge < -0.3 is 4.74 Å². The van der Waals surface area contributed by atoms with Crippen LogP contribution in [-0.4, -0.2) is 12.3 Å². The molecule has 2 aromatic carbocycles. The highest BCUT2D eigenvalue weighted by atomic mass is 32.1. The molecule has 0 aliphatic rings. The van der Waals surface area contributed by atoms with Crippen molar-refractivity contribution in [1.82, 2.24) is 0 Å². The van der Waals surface area contributed by atoms with Gasteiger partial charge in [0.15, 0.2) is 0 Å². The number of esters is 1. The molecule has 0 radical (unpaired) electrons. The van der Waals surface area contributed by atoms with E-state index in [0.717, 1.165) is 17.2 Å². The van der Waals surface area contributed by atoms with Crippen molar-refractivity contribution >= 4 is 33.7 Å². The van der Waals surface area contributed by atoms with Gasteiger partial charge >= 0.3 is 5.97 Å². The lowest BCUT2D eigenvalue weighted by atomic mass is 10.1. The van der Waals surface area contributed by atoms with Gasteiger partial charge in [0, 0.05) is 15.8 Å². The SMILES string of the molecule is O=Cc1ccc(C(=O)OCc2csc3ccccc23)cc1. The van der Waals surface area contributed by atoms with E-state index in [9.17, 15) is 9.59 Å². The Labute approximate surface area is 125 Å². The molecule has 0 fully saturated rings. The number of fused-ring (bicyclic) bond motifs is 1. The Hall–Kier alpha value is -2.46. The van der Waals surface area contributed by atoms with Gasteiger partial charge in [0.25, 0.3) is 0 Å². The number of hydrogen-bond donors (Lipinski definition) is 0. The Morgan fingerprint density at radius 2 is 1.86 bits per heavy atom. The summed E-state index contributed by atoms with van der Waals surface area (Å²) in [6, 6.07) is 14.4. The molecule has 0 spiro atoms. The number of carbonyl (C=O) groups is 2. The number of aldehydes is 1. The minimum absolute atomic E-state index is 0.248. The number of thiophene rings is 1. The van der Waals surface area contributed by atoms with Crippen LogP contribution in [0.5, 0.6) is 0 Å². The second kappa shape index (κ2) is 5.89. The molecule has 0 saturated carbocycles. The normalized spacial score (nSPS) is 10.5. The van der Waals surface area contributed by atoms with Crippen LogP contribution >= 0.6 is 11.3 Å². The topological polar surface area (TPSA) is 43.4 Å². The highest BCUT2D eigenvalue weighted by molar-refractivity contribution is 7.17. The van der Waals surface area contributed by atoms with Crippen molar-refractivity contribution in [3.63, 3.8) is 0 Å². The molecule has 3 rings (SSSR count). The Balaban J connectivity index is 1.71. The average Bonchev–Trinajstić information content (AvgIpc) is 2.96. The van der Waals surface area contributed by atoms with E-state index in [1.165, 1.54) is 4.70 Å². The first-order valence-electron chi connectivity index (χ1n) is 6.45.